The van der Waals surface area contributed by atoms with Crippen molar-refractivity contribution in [1.82, 2.24) is 5.16 Å². The number of carboxylic acid groups (broad SMARTS) is 1. The largest absolute Gasteiger partial charge is 0.475 e. The molecule has 1 aromatic heterocycles. The lowest BCUT2D eigenvalue weighted by molar-refractivity contribution is 0.0652. The third-order valence-electron chi connectivity index (χ3n) is 2.76. The van der Waals surface area contributed by atoms with Gasteiger partial charge >= 0.3 is 5.97 Å². The van der Waals surface area contributed by atoms with Gasteiger partial charge in [-0.2, -0.15) is 0 Å². The van der Waals surface area contributed by atoms with Crippen LogP contribution in [0.25, 0.3) is 17.3 Å². The molecule has 0 atom stereocenters. The molecule has 0 saturated heterocycles. The summed E-state index contributed by atoms with van der Waals surface area (Å²) in [5.41, 5.74) is 1.49. The first-order valence-electron chi connectivity index (χ1n) is 5.25. The molecule has 0 bridgehead atoms. The van der Waals surface area contributed by atoms with E-state index in [2.05, 4.69) is 9.68 Å². The molecule has 0 radical (unpaired) electrons. The maximum absolute atomic E-state index is 11.6. The Labute approximate surface area is 107 Å². The van der Waals surface area contributed by atoms with E-state index in [1.165, 1.54) is 18.2 Å². The van der Waals surface area contributed by atoms with Crippen LogP contribution in [0.15, 0.2) is 39.1 Å². The molecular weight excluding hydrogens is 270 g/mol. The minimum atomic E-state index is -3.33. The maximum Gasteiger partial charge on any atom is 0.374 e. The van der Waals surface area contributed by atoms with E-state index in [0.29, 0.717) is 16.8 Å². The normalized spacial score (nSPS) is 15.4. The first kappa shape index (κ1) is 11.7. The minimum Gasteiger partial charge on any atom is -0.475 e. The zero-order chi connectivity index (χ0) is 13.6. The van der Waals surface area contributed by atoms with Crippen molar-refractivity contribution < 1.29 is 22.8 Å². The number of sulfone groups is 1. The van der Waals surface area contributed by atoms with Crippen LogP contribution >= 0.6 is 0 Å². The molecule has 96 valence electrons. The SMILES string of the molecule is O=C(O)c1cc(-c2ccc3c(c2)C=CS3(=O)=O)no1. The van der Waals surface area contributed by atoms with Gasteiger partial charge in [0.05, 0.1) is 4.90 Å². The van der Waals surface area contributed by atoms with Crippen molar-refractivity contribution in [2.24, 2.45) is 0 Å². The Balaban J connectivity index is 2.08. The van der Waals surface area contributed by atoms with Gasteiger partial charge in [-0.25, -0.2) is 13.2 Å². The molecule has 1 aliphatic heterocycles. The molecule has 0 spiro atoms. The number of carbonyl (C=O) groups is 1. The van der Waals surface area contributed by atoms with Gasteiger partial charge in [-0.15, -0.1) is 0 Å². The van der Waals surface area contributed by atoms with E-state index >= 15 is 0 Å². The van der Waals surface area contributed by atoms with Gasteiger partial charge in [-0.3, -0.25) is 0 Å². The summed E-state index contributed by atoms with van der Waals surface area (Å²) in [6.07, 6.45) is 1.49. The van der Waals surface area contributed by atoms with Crippen molar-refractivity contribution in [3.05, 3.63) is 41.0 Å². The van der Waals surface area contributed by atoms with E-state index in [9.17, 15) is 13.2 Å². The Bertz CT molecular complexity index is 816. The number of carboxylic acids is 1. The van der Waals surface area contributed by atoms with E-state index in [1.807, 2.05) is 0 Å². The lowest BCUT2D eigenvalue weighted by Gasteiger charge is -2.00. The summed E-state index contributed by atoms with van der Waals surface area (Å²) in [6, 6.07) is 5.94. The summed E-state index contributed by atoms with van der Waals surface area (Å²) >= 11 is 0. The zero-order valence-corrected chi connectivity index (χ0v) is 10.2. The second-order valence-electron chi connectivity index (χ2n) is 3.98. The molecule has 7 heteroatoms. The number of benzene rings is 1. The lowest BCUT2D eigenvalue weighted by atomic mass is 10.1. The van der Waals surface area contributed by atoms with E-state index in [1.54, 1.807) is 12.1 Å². The van der Waals surface area contributed by atoms with Crippen LogP contribution in [0, 0.1) is 0 Å². The van der Waals surface area contributed by atoms with Crippen LogP contribution in [-0.4, -0.2) is 24.7 Å². The summed E-state index contributed by atoms with van der Waals surface area (Å²) in [5, 5.41) is 13.5. The van der Waals surface area contributed by atoms with Crippen LogP contribution in [0.4, 0.5) is 0 Å². The van der Waals surface area contributed by atoms with E-state index in [4.69, 9.17) is 5.11 Å². The van der Waals surface area contributed by atoms with Crippen LogP contribution in [-0.2, 0) is 9.84 Å². The molecule has 1 aromatic carbocycles. The molecule has 0 saturated carbocycles. The lowest BCUT2D eigenvalue weighted by Crippen LogP contribution is -1.93. The quantitative estimate of drug-likeness (QED) is 0.898. The predicted octanol–water partition coefficient (Wildman–Crippen LogP) is 1.80. The highest BCUT2D eigenvalue weighted by Crippen LogP contribution is 2.30. The molecule has 0 unspecified atom stereocenters. The fourth-order valence-electron chi connectivity index (χ4n) is 1.85. The Kier molecular flexibility index (Phi) is 2.33. The van der Waals surface area contributed by atoms with Gasteiger partial charge in [-0.1, -0.05) is 11.2 Å². The van der Waals surface area contributed by atoms with Crippen molar-refractivity contribution in [3.63, 3.8) is 0 Å². The minimum absolute atomic E-state index is 0.234. The molecular formula is C12H7NO5S. The molecule has 6 nitrogen and oxygen atoms in total. The molecule has 3 rings (SSSR count). The highest BCUT2D eigenvalue weighted by molar-refractivity contribution is 7.94. The van der Waals surface area contributed by atoms with Gasteiger partial charge in [0.25, 0.3) is 0 Å². The van der Waals surface area contributed by atoms with Crippen LogP contribution in [0.3, 0.4) is 0 Å². The summed E-state index contributed by atoms with van der Waals surface area (Å²) in [5.74, 6) is -1.47. The first-order valence-corrected chi connectivity index (χ1v) is 6.79. The average Bonchev–Trinajstić information content (AvgIpc) is 2.95. The van der Waals surface area contributed by atoms with Crippen LogP contribution in [0.2, 0.25) is 0 Å². The molecule has 0 fully saturated rings. The Morgan fingerprint density at radius 1 is 1.26 bits per heavy atom. The summed E-state index contributed by atoms with van der Waals surface area (Å²) in [4.78, 5) is 10.9. The summed E-state index contributed by atoms with van der Waals surface area (Å²) in [6.45, 7) is 0. The monoisotopic (exact) mass is 277 g/mol. The van der Waals surface area contributed by atoms with Crippen molar-refractivity contribution in [3.8, 4) is 11.3 Å². The Morgan fingerprint density at radius 3 is 2.74 bits per heavy atom. The van der Waals surface area contributed by atoms with Gasteiger partial charge in [0, 0.05) is 17.0 Å². The molecule has 2 heterocycles. The number of fused-ring (bicyclic) bond motifs is 1. The first-order chi connectivity index (χ1) is 8.97. The van der Waals surface area contributed by atoms with E-state index in [-0.39, 0.29) is 10.7 Å². The zero-order valence-electron chi connectivity index (χ0n) is 9.40. The van der Waals surface area contributed by atoms with Crippen LogP contribution in [0.1, 0.15) is 16.1 Å². The third kappa shape index (κ3) is 1.84. The standard InChI is InChI=1S/C12H7NO5S/c14-12(15)10-6-9(13-18-10)7-1-2-11-8(5-7)3-4-19(11,16)17/h1-6H,(H,14,15). The van der Waals surface area contributed by atoms with E-state index in [0.717, 1.165) is 5.41 Å². The van der Waals surface area contributed by atoms with Crippen LogP contribution < -0.4 is 0 Å². The van der Waals surface area contributed by atoms with Gasteiger partial charge in [0.15, 0.2) is 9.84 Å². The smallest absolute Gasteiger partial charge is 0.374 e. The highest BCUT2D eigenvalue weighted by atomic mass is 32.2. The maximum atomic E-state index is 11.6. The van der Waals surface area contributed by atoms with Crippen molar-refractivity contribution in [2.75, 3.05) is 0 Å². The second-order valence-corrected chi connectivity index (χ2v) is 5.78. The van der Waals surface area contributed by atoms with Gasteiger partial charge in [0.2, 0.25) is 5.76 Å². The molecule has 0 amide bonds. The van der Waals surface area contributed by atoms with Gasteiger partial charge in [-0.05, 0) is 23.8 Å². The number of rotatable bonds is 2. The number of aromatic nitrogens is 1. The average molecular weight is 277 g/mol. The van der Waals surface area contributed by atoms with Crippen molar-refractivity contribution in [2.45, 2.75) is 4.90 Å². The number of hydrogen-bond donors (Lipinski definition) is 1. The number of nitrogens with zero attached hydrogens (tertiary/aromatic N) is 1. The Hall–Kier alpha value is -2.41. The number of hydrogen-bond acceptors (Lipinski definition) is 5. The van der Waals surface area contributed by atoms with Crippen molar-refractivity contribution in [1.29, 1.82) is 0 Å². The second kappa shape index (κ2) is 3.79. The molecule has 1 N–H and O–H groups in total. The van der Waals surface area contributed by atoms with Crippen LogP contribution in [0.5, 0.6) is 0 Å². The highest BCUT2D eigenvalue weighted by Gasteiger charge is 2.21. The van der Waals surface area contributed by atoms with Gasteiger partial charge < -0.3 is 9.63 Å². The summed E-state index contributed by atoms with van der Waals surface area (Å²) in [7, 11) is -3.33. The molecule has 0 aliphatic carbocycles. The van der Waals surface area contributed by atoms with Gasteiger partial charge in [0.1, 0.15) is 5.69 Å². The fourth-order valence-corrected chi connectivity index (χ4v) is 3.03. The molecule has 2 aromatic rings. The number of aromatic carboxylic acids is 1. The third-order valence-corrected chi connectivity index (χ3v) is 4.24. The van der Waals surface area contributed by atoms with E-state index < -0.39 is 15.8 Å². The molecule has 19 heavy (non-hydrogen) atoms. The Morgan fingerprint density at radius 2 is 2.05 bits per heavy atom. The molecule has 1 aliphatic rings. The topological polar surface area (TPSA) is 97.5 Å². The van der Waals surface area contributed by atoms with Crippen molar-refractivity contribution >= 4 is 21.9 Å². The predicted molar refractivity (Wildman–Crippen MR) is 65.1 cm³/mol. The fraction of sp³-hybridized carbons (Fsp3) is 0. The summed E-state index contributed by atoms with van der Waals surface area (Å²) < 4.78 is 27.8.